The lowest BCUT2D eigenvalue weighted by Gasteiger charge is -1.95. The molecule has 16 heavy (non-hydrogen) atoms. The molecule has 0 aliphatic rings. The number of hydrogen-bond acceptors (Lipinski definition) is 4. The number of benzene rings is 1. The van der Waals surface area contributed by atoms with E-state index < -0.39 is 0 Å². The van der Waals surface area contributed by atoms with Crippen molar-refractivity contribution in [2.75, 3.05) is 6.61 Å². The van der Waals surface area contributed by atoms with Gasteiger partial charge in [-0.1, -0.05) is 6.07 Å². The van der Waals surface area contributed by atoms with Crippen molar-refractivity contribution in [3.63, 3.8) is 0 Å². The van der Waals surface area contributed by atoms with E-state index in [0.717, 1.165) is 16.6 Å². The first-order valence-electron chi connectivity index (χ1n) is 4.95. The molecule has 0 radical (unpaired) electrons. The van der Waals surface area contributed by atoms with Gasteiger partial charge < -0.3 is 4.74 Å². The average molecular weight is 217 g/mol. The molecule has 0 aliphatic heterocycles. The van der Waals surface area contributed by atoms with Gasteiger partial charge in [0.25, 0.3) is 0 Å². The molecule has 0 atom stereocenters. The second-order valence-corrected chi connectivity index (χ2v) is 3.16. The molecule has 1 aromatic heterocycles. The zero-order valence-electron chi connectivity index (χ0n) is 8.80. The van der Waals surface area contributed by atoms with Gasteiger partial charge in [-0.2, -0.15) is 15.4 Å². The Labute approximate surface area is 92.1 Å². The Balaban J connectivity index is 2.17. The Morgan fingerprint density at radius 3 is 3.06 bits per heavy atom. The van der Waals surface area contributed by atoms with E-state index in [4.69, 9.17) is 4.74 Å². The third kappa shape index (κ3) is 2.25. The summed E-state index contributed by atoms with van der Waals surface area (Å²) in [5, 5.41) is 10.4. The predicted octanol–water partition coefficient (Wildman–Crippen LogP) is 1.53. The van der Waals surface area contributed by atoms with Gasteiger partial charge in [-0.25, -0.2) is 4.79 Å². The number of nitrogens with one attached hydrogen (secondary N) is 1. The van der Waals surface area contributed by atoms with Gasteiger partial charge in [-0.15, -0.1) is 0 Å². The van der Waals surface area contributed by atoms with Crippen molar-refractivity contribution in [1.82, 2.24) is 15.4 Å². The van der Waals surface area contributed by atoms with Gasteiger partial charge in [0.05, 0.1) is 6.61 Å². The van der Waals surface area contributed by atoms with Crippen LogP contribution in [0.15, 0.2) is 24.3 Å². The zero-order chi connectivity index (χ0) is 11.4. The first-order valence-corrected chi connectivity index (χ1v) is 4.95. The number of nitrogens with zero attached hydrogens (tertiary/aromatic N) is 2. The van der Waals surface area contributed by atoms with E-state index in [0.29, 0.717) is 6.61 Å². The molecule has 0 fully saturated rings. The lowest BCUT2D eigenvalue weighted by molar-refractivity contribution is -0.137. The van der Waals surface area contributed by atoms with Crippen LogP contribution in [0.2, 0.25) is 0 Å². The maximum atomic E-state index is 11.1. The zero-order valence-corrected chi connectivity index (χ0v) is 8.80. The number of carbonyl (C=O) groups is 1. The van der Waals surface area contributed by atoms with E-state index in [2.05, 4.69) is 15.4 Å². The highest BCUT2D eigenvalue weighted by molar-refractivity contribution is 5.88. The van der Waals surface area contributed by atoms with Crippen LogP contribution in [0, 0.1) is 0 Å². The van der Waals surface area contributed by atoms with Crippen LogP contribution in [0.4, 0.5) is 0 Å². The van der Waals surface area contributed by atoms with E-state index in [9.17, 15) is 4.79 Å². The first-order chi connectivity index (χ1) is 7.79. The molecule has 5 nitrogen and oxygen atoms in total. The number of carbonyl (C=O) groups excluding carboxylic acids is 1. The molecule has 5 heteroatoms. The molecule has 1 N–H and O–H groups in total. The summed E-state index contributed by atoms with van der Waals surface area (Å²) in [5.74, 6) is -0.345. The number of fused-ring (bicyclic) bond motifs is 1. The SMILES string of the molecule is CCOC(=O)C=Cc1ccc2n[nH]nc2c1. The molecular formula is C11H11N3O2. The quantitative estimate of drug-likeness (QED) is 0.625. The van der Waals surface area contributed by atoms with E-state index in [1.165, 1.54) is 6.08 Å². The number of hydrogen-bond donors (Lipinski definition) is 1. The van der Waals surface area contributed by atoms with Gasteiger partial charge in [-0.05, 0) is 30.7 Å². The standard InChI is InChI=1S/C11H11N3O2/c1-2-16-11(15)6-4-8-3-5-9-10(7-8)13-14-12-9/h3-7H,2H2,1H3,(H,12,13,14). The summed E-state index contributed by atoms with van der Waals surface area (Å²) in [6, 6.07) is 5.54. The highest BCUT2D eigenvalue weighted by Crippen LogP contribution is 2.11. The molecule has 0 unspecified atom stereocenters. The molecule has 1 heterocycles. The Morgan fingerprint density at radius 2 is 2.25 bits per heavy atom. The van der Waals surface area contributed by atoms with Gasteiger partial charge >= 0.3 is 5.97 Å². The fourth-order valence-corrected chi connectivity index (χ4v) is 1.32. The molecule has 0 spiro atoms. The third-order valence-electron chi connectivity index (χ3n) is 2.04. The number of aromatic amines is 1. The van der Waals surface area contributed by atoms with Gasteiger partial charge in [0.2, 0.25) is 0 Å². The third-order valence-corrected chi connectivity index (χ3v) is 2.04. The van der Waals surface area contributed by atoms with Crippen molar-refractivity contribution >= 4 is 23.1 Å². The minimum absolute atomic E-state index is 0.345. The van der Waals surface area contributed by atoms with Crippen LogP contribution < -0.4 is 0 Å². The van der Waals surface area contributed by atoms with Crippen LogP contribution in [0.3, 0.4) is 0 Å². The average Bonchev–Trinajstić information content (AvgIpc) is 2.74. The number of esters is 1. The second-order valence-electron chi connectivity index (χ2n) is 3.16. The Morgan fingerprint density at radius 1 is 1.44 bits per heavy atom. The molecule has 2 aromatic rings. The number of aromatic nitrogens is 3. The molecule has 0 saturated carbocycles. The molecule has 0 aliphatic carbocycles. The number of ether oxygens (including phenoxy) is 1. The van der Waals surface area contributed by atoms with Gasteiger partial charge in [0, 0.05) is 6.08 Å². The summed E-state index contributed by atoms with van der Waals surface area (Å²) in [6.45, 7) is 2.15. The lowest BCUT2D eigenvalue weighted by Crippen LogP contribution is -1.98. The monoisotopic (exact) mass is 217 g/mol. The minimum atomic E-state index is -0.345. The van der Waals surface area contributed by atoms with Crippen molar-refractivity contribution in [2.24, 2.45) is 0 Å². The molecule has 0 bridgehead atoms. The summed E-state index contributed by atoms with van der Waals surface area (Å²) in [6.07, 6.45) is 3.08. The predicted molar refractivity (Wildman–Crippen MR) is 59.6 cm³/mol. The van der Waals surface area contributed by atoms with Crippen molar-refractivity contribution < 1.29 is 9.53 Å². The Hall–Kier alpha value is -2.17. The lowest BCUT2D eigenvalue weighted by atomic mass is 10.2. The second kappa shape index (κ2) is 4.57. The fraction of sp³-hybridized carbons (Fsp3) is 0.182. The van der Waals surface area contributed by atoms with Crippen molar-refractivity contribution in [3.05, 3.63) is 29.8 Å². The molecule has 82 valence electrons. The highest BCUT2D eigenvalue weighted by atomic mass is 16.5. The molecule has 0 saturated heterocycles. The summed E-state index contributed by atoms with van der Waals surface area (Å²) in [5.41, 5.74) is 2.45. The van der Waals surface area contributed by atoms with Crippen LogP contribution in [0.1, 0.15) is 12.5 Å². The van der Waals surface area contributed by atoms with Crippen LogP contribution >= 0.6 is 0 Å². The summed E-state index contributed by atoms with van der Waals surface area (Å²) >= 11 is 0. The van der Waals surface area contributed by atoms with E-state index in [1.54, 1.807) is 13.0 Å². The number of H-pyrrole nitrogens is 1. The fourth-order valence-electron chi connectivity index (χ4n) is 1.32. The van der Waals surface area contributed by atoms with Crippen LogP contribution in [0.5, 0.6) is 0 Å². The van der Waals surface area contributed by atoms with Crippen molar-refractivity contribution in [2.45, 2.75) is 6.92 Å². The van der Waals surface area contributed by atoms with Crippen LogP contribution in [-0.4, -0.2) is 28.0 Å². The summed E-state index contributed by atoms with van der Waals surface area (Å²) in [7, 11) is 0. The number of rotatable bonds is 3. The molecule has 1 aromatic carbocycles. The Kier molecular flexibility index (Phi) is 2.95. The highest BCUT2D eigenvalue weighted by Gasteiger charge is 1.98. The largest absolute Gasteiger partial charge is 0.463 e. The summed E-state index contributed by atoms with van der Waals surface area (Å²) < 4.78 is 4.78. The maximum Gasteiger partial charge on any atom is 0.330 e. The molecule has 2 rings (SSSR count). The maximum absolute atomic E-state index is 11.1. The topological polar surface area (TPSA) is 67.9 Å². The van der Waals surface area contributed by atoms with E-state index in [-0.39, 0.29) is 5.97 Å². The summed E-state index contributed by atoms with van der Waals surface area (Å²) in [4.78, 5) is 11.1. The van der Waals surface area contributed by atoms with Crippen LogP contribution in [-0.2, 0) is 9.53 Å². The molecular weight excluding hydrogens is 206 g/mol. The van der Waals surface area contributed by atoms with Crippen molar-refractivity contribution in [3.8, 4) is 0 Å². The molecule has 0 amide bonds. The van der Waals surface area contributed by atoms with Crippen molar-refractivity contribution in [1.29, 1.82) is 0 Å². The van der Waals surface area contributed by atoms with Gasteiger partial charge in [0.15, 0.2) is 0 Å². The smallest absolute Gasteiger partial charge is 0.330 e. The van der Waals surface area contributed by atoms with Gasteiger partial charge in [0.1, 0.15) is 11.0 Å². The van der Waals surface area contributed by atoms with Crippen LogP contribution in [0.25, 0.3) is 17.1 Å². The van der Waals surface area contributed by atoms with E-state index in [1.807, 2.05) is 18.2 Å². The minimum Gasteiger partial charge on any atom is -0.463 e. The van der Waals surface area contributed by atoms with E-state index >= 15 is 0 Å². The van der Waals surface area contributed by atoms with Gasteiger partial charge in [-0.3, -0.25) is 0 Å². The first kappa shape index (κ1) is 10.4. The Bertz CT molecular complexity index is 531. The normalized spacial score (nSPS) is 11.1.